The number of nitrogens with zero attached hydrogens (tertiary/aromatic N) is 2. The number of amides is 1. The number of phenolic OH excluding ortho intramolecular Hbond substituents is 1. The summed E-state index contributed by atoms with van der Waals surface area (Å²) >= 11 is 0. The summed E-state index contributed by atoms with van der Waals surface area (Å²) in [4.78, 5) is 38.5. The van der Waals surface area contributed by atoms with Gasteiger partial charge in [-0.3, -0.25) is 24.6 Å². The first-order valence-electron chi connectivity index (χ1n) is 11.6. The molecule has 1 heterocycles. The topological polar surface area (TPSA) is 133 Å². The summed E-state index contributed by atoms with van der Waals surface area (Å²) in [7, 11) is 0. The molecule has 1 amide bonds. The summed E-state index contributed by atoms with van der Waals surface area (Å²) in [5.41, 5.74) is 2.04. The molecule has 1 unspecified atom stereocenters. The lowest BCUT2D eigenvalue weighted by Gasteiger charge is -2.25. The van der Waals surface area contributed by atoms with E-state index in [1.54, 1.807) is 36.4 Å². The number of phenols is 1. The van der Waals surface area contributed by atoms with Crippen molar-refractivity contribution >= 4 is 40.2 Å². The third kappa shape index (κ3) is 4.56. The van der Waals surface area contributed by atoms with Crippen molar-refractivity contribution in [2.75, 3.05) is 10.2 Å². The van der Waals surface area contributed by atoms with Crippen molar-refractivity contribution in [2.45, 2.75) is 6.04 Å². The second-order valence-electron chi connectivity index (χ2n) is 8.61. The lowest BCUT2D eigenvalue weighted by atomic mass is 9.95. The van der Waals surface area contributed by atoms with Crippen molar-refractivity contribution in [2.24, 2.45) is 0 Å². The number of rotatable bonds is 6. The van der Waals surface area contributed by atoms with Gasteiger partial charge in [0.15, 0.2) is 0 Å². The number of aromatic hydroxyl groups is 1. The molecule has 5 rings (SSSR count). The molecule has 4 aromatic rings. The number of anilines is 3. The Balaban J connectivity index is 1.60. The van der Waals surface area contributed by atoms with E-state index in [-0.39, 0.29) is 22.6 Å². The van der Waals surface area contributed by atoms with Crippen LogP contribution in [0.4, 0.5) is 22.7 Å². The number of hydrogen-bond acceptors (Lipinski definition) is 7. The number of non-ortho nitro benzene ring substituents is 1. The van der Waals surface area contributed by atoms with Crippen LogP contribution in [-0.4, -0.2) is 26.8 Å². The molecule has 9 heteroatoms. The van der Waals surface area contributed by atoms with Crippen LogP contribution in [0.25, 0.3) is 5.76 Å². The van der Waals surface area contributed by atoms with Crippen LogP contribution >= 0.6 is 0 Å². The normalized spacial score (nSPS) is 16.4. The molecule has 1 saturated heterocycles. The third-order valence-electron chi connectivity index (χ3n) is 6.19. The average Bonchev–Trinajstić information content (AvgIpc) is 3.20. The highest BCUT2D eigenvalue weighted by molar-refractivity contribution is 6.51. The Labute approximate surface area is 217 Å². The number of Topliss-reactive ketones (excluding diaryl/α,β-unsaturated/α-hetero) is 1. The maximum atomic E-state index is 13.3. The molecule has 0 aromatic heterocycles. The first-order chi connectivity index (χ1) is 18.3. The predicted molar refractivity (Wildman–Crippen MR) is 142 cm³/mol. The predicted octanol–water partition coefficient (Wildman–Crippen LogP) is 5.67. The van der Waals surface area contributed by atoms with Crippen molar-refractivity contribution < 1.29 is 24.7 Å². The minimum Gasteiger partial charge on any atom is -0.508 e. The fourth-order valence-electron chi connectivity index (χ4n) is 4.39. The molecule has 0 spiro atoms. The van der Waals surface area contributed by atoms with Gasteiger partial charge in [0.25, 0.3) is 17.4 Å². The number of aliphatic hydroxyl groups excluding tert-OH is 1. The molecule has 3 N–H and O–H groups in total. The Bertz CT molecular complexity index is 1560. The van der Waals surface area contributed by atoms with Gasteiger partial charge in [-0.1, -0.05) is 42.5 Å². The first kappa shape index (κ1) is 24.3. The zero-order chi connectivity index (χ0) is 26.8. The van der Waals surface area contributed by atoms with Crippen molar-refractivity contribution in [1.29, 1.82) is 0 Å². The molecule has 0 bridgehead atoms. The molecule has 188 valence electrons. The number of para-hydroxylation sites is 1. The van der Waals surface area contributed by atoms with Crippen molar-refractivity contribution in [3.63, 3.8) is 0 Å². The molecule has 9 nitrogen and oxygen atoms in total. The van der Waals surface area contributed by atoms with Gasteiger partial charge in [-0.25, -0.2) is 0 Å². The number of nitro groups is 1. The van der Waals surface area contributed by atoms with E-state index in [1.165, 1.54) is 35.2 Å². The van der Waals surface area contributed by atoms with Crippen molar-refractivity contribution in [3.8, 4) is 5.75 Å². The number of nitro benzene ring substituents is 1. The zero-order valence-corrected chi connectivity index (χ0v) is 19.8. The van der Waals surface area contributed by atoms with E-state index in [9.17, 15) is 29.9 Å². The van der Waals surface area contributed by atoms with Crippen LogP contribution in [0, 0.1) is 10.1 Å². The Morgan fingerprint density at radius 2 is 1.50 bits per heavy atom. The van der Waals surface area contributed by atoms with Gasteiger partial charge in [0.2, 0.25) is 0 Å². The molecule has 1 aliphatic heterocycles. The molecule has 4 aromatic carbocycles. The monoisotopic (exact) mass is 507 g/mol. The Kier molecular flexibility index (Phi) is 6.32. The highest BCUT2D eigenvalue weighted by Gasteiger charge is 2.47. The van der Waals surface area contributed by atoms with Crippen LogP contribution in [-0.2, 0) is 9.59 Å². The number of benzene rings is 4. The second-order valence-corrected chi connectivity index (χ2v) is 8.61. The van der Waals surface area contributed by atoms with Crippen LogP contribution in [0.15, 0.2) is 109 Å². The Morgan fingerprint density at radius 1 is 0.842 bits per heavy atom. The molecule has 1 fully saturated rings. The van der Waals surface area contributed by atoms with Crippen LogP contribution in [0.1, 0.15) is 17.2 Å². The van der Waals surface area contributed by atoms with Gasteiger partial charge < -0.3 is 15.5 Å². The standard InChI is InChI=1S/C29H21N3O6/c33-24-15-9-18(10-16-24)26-25(27(34)19-5-4-8-23(17-19)32(37)38)28(35)29(36)31(26)22-13-11-21(12-14-22)30-20-6-2-1-3-7-20/h1-17,26,30,33-34H/b27-25-. The van der Waals surface area contributed by atoms with Gasteiger partial charge in [0.1, 0.15) is 11.5 Å². The van der Waals surface area contributed by atoms with E-state index in [4.69, 9.17) is 0 Å². The number of nitrogens with one attached hydrogen (secondary N) is 1. The summed E-state index contributed by atoms with van der Waals surface area (Å²) in [6.45, 7) is 0. The minimum atomic E-state index is -1.04. The van der Waals surface area contributed by atoms with Crippen LogP contribution in [0.3, 0.4) is 0 Å². The van der Waals surface area contributed by atoms with Gasteiger partial charge in [-0.2, -0.15) is 0 Å². The summed E-state index contributed by atoms with van der Waals surface area (Å²) in [5, 5.41) is 35.5. The minimum absolute atomic E-state index is 0.0132. The number of ketones is 1. The van der Waals surface area contributed by atoms with E-state index < -0.39 is 28.4 Å². The van der Waals surface area contributed by atoms with Crippen molar-refractivity contribution in [1.82, 2.24) is 0 Å². The van der Waals surface area contributed by atoms with Crippen LogP contribution in [0.5, 0.6) is 5.75 Å². The fraction of sp³-hybridized carbons (Fsp3) is 0.0345. The van der Waals surface area contributed by atoms with Gasteiger partial charge in [-0.05, 0) is 54.1 Å². The smallest absolute Gasteiger partial charge is 0.300 e. The maximum Gasteiger partial charge on any atom is 0.300 e. The highest BCUT2D eigenvalue weighted by atomic mass is 16.6. The quantitative estimate of drug-likeness (QED) is 0.101. The van der Waals surface area contributed by atoms with E-state index in [0.29, 0.717) is 11.3 Å². The maximum absolute atomic E-state index is 13.3. The van der Waals surface area contributed by atoms with E-state index in [1.807, 2.05) is 30.3 Å². The largest absolute Gasteiger partial charge is 0.508 e. The molecule has 38 heavy (non-hydrogen) atoms. The number of aliphatic hydroxyl groups is 1. The van der Waals surface area contributed by atoms with Gasteiger partial charge >= 0.3 is 0 Å². The molecular formula is C29H21N3O6. The second kappa shape index (κ2) is 9.90. The highest BCUT2D eigenvalue weighted by Crippen LogP contribution is 2.43. The first-order valence-corrected chi connectivity index (χ1v) is 11.6. The van der Waals surface area contributed by atoms with E-state index in [2.05, 4.69) is 5.32 Å². The number of carbonyl (C=O) groups excluding carboxylic acids is 2. The molecule has 0 radical (unpaired) electrons. The summed E-state index contributed by atoms with van der Waals surface area (Å²) in [6, 6.07) is 26.5. The van der Waals surface area contributed by atoms with E-state index in [0.717, 1.165) is 17.4 Å². The number of carbonyl (C=O) groups is 2. The Morgan fingerprint density at radius 3 is 2.16 bits per heavy atom. The van der Waals surface area contributed by atoms with Crippen LogP contribution in [0.2, 0.25) is 0 Å². The lowest BCUT2D eigenvalue weighted by Crippen LogP contribution is -2.29. The molecule has 0 saturated carbocycles. The lowest BCUT2D eigenvalue weighted by molar-refractivity contribution is -0.384. The zero-order valence-electron chi connectivity index (χ0n) is 19.8. The summed E-state index contributed by atoms with van der Waals surface area (Å²) < 4.78 is 0. The van der Waals surface area contributed by atoms with Crippen molar-refractivity contribution in [3.05, 3.63) is 130 Å². The Hall–Kier alpha value is -5.44. The van der Waals surface area contributed by atoms with Gasteiger partial charge in [0.05, 0.1) is 16.5 Å². The van der Waals surface area contributed by atoms with Gasteiger partial charge in [0, 0.05) is 34.8 Å². The van der Waals surface area contributed by atoms with E-state index >= 15 is 0 Å². The summed E-state index contributed by atoms with van der Waals surface area (Å²) in [6.07, 6.45) is 0. The van der Waals surface area contributed by atoms with Gasteiger partial charge in [-0.15, -0.1) is 0 Å². The summed E-state index contributed by atoms with van der Waals surface area (Å²) in [5.74, 6) is -2.34. The number of hydrogen-bond donors (Lipinski definition) is 3. The SMILES string of the molecule is O=C1C(=O)N(c2ccc(Nc3ccccc3)cc2)C(c2ccc(O)cc2)/C1=C(/O)c1cccc([N+](=O)[O-])c1. The average molecular weight is 508 g/mol. The molecule has 0 aliphatic carbocycles. The fourth-order valence-corrected chi connectivity index (χ4v) is 4.39. The molecular weight excluding hydrogens is 486 g/mol. The third-order valence-corrected chi connectivity index (χ3v) is 6.19. The molecule has 1 atom stereocenters. The van der Waals surface area contributed by atoms with Crippen LogP contribution < -0.4 is 10.2 Å². The molecule has 1 aliphatic rings.